The van der Waals surface area contributed by atoms with E-state index < -0.39 is 21.9 Å². The van der Waals surface area contributed by atoms with Gasteiger partial charge in [-0.25, -0.2) is 8.42 Å². The predicted octanol–water partition coefficient (Wildman–Crippen LogP) is -4.12. The van der Waals surface area contributed by atoms with E-state index >= 15 is 0 Å². The molecule has 0 spiro atoms. The molecular formula is C3H8NNaO3S. The Morgan fingerprint density at radius 3 is 2.00 bits per heavy atom. The van der Waals surface area contributed by atoms with Gasteiger partial charge in [0, 0.05) is 6.04 Å². The van der Waals surface area contributed by atoms with Crippen LogP contribution < -0.4 is 35.3 Å². The van der Waals surface area contributed by atoms with Crippen molar-refractivity contribution in [3.05, 3.63) is 0 Å². The summed E-state index contributed by atoms with van der Waals surface area (Å²) in [6, 6.07) is -0.558. The predicted molar refractivity (Wildman–Crippen MR) is 28.2 cm³/mol. The van der Waals surface area contributed by atoms with Crippen molar-refractivity contribution < 1.29 is 42.5 Å². The van der Waals surface area contributed by atoms with Crippen LogP contribution >= 0.6 is 0 Å². The zero-order valence-electron chi connectivity index (χ0n) is 5.49. The molecule has 1 atom stereocenters. The number of rotatable bonds is 2. The standard InChI is InChI=1S/C3H9NO3S.Na/c1-3(4)2-8(5,6)7;/h3H,2,4H2,1H3,(H,5,6,7);/q;+1/p-1. The molecule has 0 radical (unpaired) electrons. The molecule has 0 aromatic carbocycles. The van der Waals surface area contributed by atoms with E-state index in [1.54, 1.807) is 0 Å². The van der Waals surface area contributed by atoms with E-state index in [0.717, 1.165) is 0 Å². The van der Waals surface area contributed by atoms with Crippen molar-refractivity contribution in [2.24, 2.45) is 5.73 Å². The average molecular weight is 161 g/mol. The summed E-state index contributed by atoms with van der Waals surface area (Å²) in [5, 5.41) is 0. The zero-order valence-corrected chi connectivity index (χ0v) is 8.31. The van der Waals surface area contributed by atoms with Gasteiger partial charge in [0.05, 0.1) is 15.9 Å². The fourth-order valence-electron chi connectivity index (χ4n) is 0.322. The topological polar surface area (TPSA) is 83.2 Å². The van der Waals surface area contributed by atoms with Gasteiger partial charge in [0.2, 0.25) is 0 Å². The van der Waals surface area contributed by atoms with Gasteiger partial charge >= 0.3 is 29.6 Å². The molecule has 50 valence electrons. The van der Waals surface area contributed by atoms with Gasteiger partial charge in [0.25, 0.3) is 0 Å². The van der Waals surface area contributed by atoms with Crippen LogP contribution in [0.15, 0.2) is 0 Å². The molecule has 0 aliphatic carbocycles. The average Bonchev–Trinajstić information content (AvgIpc) is 1.21. The van der Waals surface area contributed by atoms with Gasteiger partial charge in [0.1, 0.15) is 0 Å². The van der Waals surface area contributed by atoms with Crippen LogP contribution in [0.5, 0.6) is 0 Å². The van der Waals surface area contributed by atoms with Crippen LogP contribution in [0.2, 0.25) is 0 Å². The Hall–Kier alpha value is 0.870. The maximum atomic E-state index is 9.81. The first-order chi connectivity index (χ1) is 3.42. The Bertz CT molecular complexity index is 152. The summed E-state index contributed by atoms with van der Waals surface area (Å²) in [6.07, 6.45) is 0. The number of hydrogen-bond donors (Lipinski definition) is 1. The van der Waals surface area contributed by atoms with Crippen molar-refractivity contribution in [1.82, 2.24) is 0 Å². The minimum atomic E-state index is -4.10. The molecule has 9 heavy (non-hydrogen) atoms. The van der Waals surface area contributed by atoms with Crippen molar-refractivity contribution in [3.8, 4) is 0 Å². The Labute approximate surface area is 76.9 Å². The van der Waals surface area contributed by atoms with Gasteiger partial charge in [0.15, 0.2) is 0 Å². The molecule has 0 heterocycles. The molecule has 1 unspecified atom stereocenters. The molecule has 0 amide bonds. The normalized spacial score (nSPS) is 14.1. The van der Waals surface area contributed by atoms with Crippen LogP contribution in [0.4, 0.5) is 0 Å². The maximum absolute atomic E-state index is 9.81. The molecule has 0 rings (SSSR count). The number of nitrogens with two attached hydrogens (primary N) is 1. The summed E-state index contributed by atoms with van der Waals surface area (Å²) in [5.74, 6) is -0.479. The molecule has 0 aliphatic heterocycles. The molecule has 6 heteroatoms. The summed E-state index contributed by atoms with van der Waals surface area (Å²) in [4.78, 5) is 0. The summed E-state index contributed by atoms with van der Waals surface area (Å²) in [6.45, 7) is 1.47. The first kappa shape index (κ1) is 12.5. The van der Waals surface area contributed by atoms with E-state index in [2.05, 4.69) is 0 Å². The van der Waals surface area contributed by atoms with Gasteiger partial charge in [-0.1, -0.05) is 0 Å². The van der Waals surface area contributed by atoms with E-state index in [-0.39, 0.29) is 29.6 Å². The van der Waals surface area contributed by atoms with E-state index in [4.69, 9.17) is 5.73 Å². The minimum Gasteiger partial charge on any atom is -0.748 e. The quantitative estimate of drug-likeness (QED) is 0.329. The first-order valence-corrected chi connectivity index (χ1v) is 3.68. The van der Waals surface area contributed by atoms with Gasteiger partial charge in [-0.2, -0.15) is 0 Å². The smallest absolute Gasteiger partial charge is 0.748 e. The van der Waals surface area contributed by atoms with E-state index in [1.807, 2.05) is 0 Å². The second-order valence-electron chi connectivity index (χ2n) is 1.70. The Kier molecular flexibility index (Phi) is 6.48. The molecule has 0 saturated heterocycles. The van der Waals surface area contributed by atoms with Crippen molar-refractivity contribution >= 4 is 10.1 Å². The maximum Gasteiger partial charge on any atom is 1.00 e. The van der Waals surface area contributed by atoms with Crippen molar-refractivity contribution in [2.45, 2.75) is 13.0 Å². The second-order valence-corrected chi connectivity index (χ2v) is 3.15. The van der Waals surface area contributed by atoms with Crippen molar-refractivity contribution in [1.29, 1.82) is 0 Å². The first-order valence-electron chi connectivity index (χ1n) is 2.11. The van der Waals surface area contributed by atoms with Crippen LogP contribution in [-0.4, -0.2) is 24.8 Å². The molecule has 0 bridgehead atoms. The molecule has 0 aliphatic rings. The summed E-state index contributed by atoms with van der Waals surface area (Å²) in [7, 11) is -4.10. The van der Waals surface area contributed by atoms with Crippen molar-refractivity contribution in [2.75, 3.05) is 5.75 Å². The largest absolute Gasteiger partial charge is 1.00 e. The van der Waals surface area contributed by atoms with Crippen LogP contribution in [0, 0.1) is 0 Å². The SMILES string of the molecule is CC(N)CS(=O)(=O)[O-].[Na+]. The van der Waals surface area contributed by atoms with Crippen molar-refractivity contribution in [3.63, 3.8) is 0 Å². The third kappa shape index (κ3) is 12.1. The third-order valence-corrected chi connectivity index (χ3v) is 1.40. The molecule has 4 nitrogen and oxygen atoms in total. The molecule has 0 saturated carbocycles. The van der Waals surface area contributed by atoms with E-state index in [9.17, 15) is 13.0 Å². The molecule has 0 aromatic heterocycles. The van der Waals surface area contributed by atoms with Gasteiger partial charge in [-0.15, -0.1) is 0 Å². The molecule has 0 fully saturated rings. The second kappa shape index (κ2) is 4.65. The Morgan fingerprint density at radius 1 is 1.67 bits per heavy atom. The summed E-state index contributed by atoms with van der Waals surface area (Å²) >= 11 is 0. The Morgan fingerprint density at radius 2 is 2.00 bits per heavy atom. The monoisotopic (exact) mass is 161 g/mol. The number of hydrogen-bond acceptors (Lipinski definition) is 4. The van der Waals surface area contributed by atoms with Crippen LogP contribution in [0.1, 0.15) is 6.92 Å². The molecule has 0 aromatic rings. The van der Waals surface area contributed by atoms with Gasteiger partial charge in [-0.05, 0) is 6.92 Å². The van der Waals surface area contributed by atoms with E-state index in [0.29, 0.717) is 0 Å². The zero-order chi connectivity index (χ0) is 6.78. The third-order valence-electron chi connectivity index (χ3n) is 0.467. The van der Waals surface area contributed by atoms with E-state index in [1.165, 1.54) is 6.92 Å². The summed E-state index contributed by atoms with van der Waals surface area (Å²) < 4.78 is 29.4. The van der Waals surface area contributed by atoms with Crippen LogP contribution in [0.25, 0.3) is 0 Å². The van der Waals surface area contributed by atoms with Gasteiger partial charge < -0.3 is 10.3 Å². The van der Waals surface area contributed by atoms with Gasteiger partial charge in [-0.3, -0.25) is 0 Å². The summed E-state index contributed by atoms with van der Waals surface area (Å²) in [5.41, 5.74) is 5.00. The Balaban J connectivity index is 0. The fraction of sp³-hybridized carbons (Fsp3) is 1.00. The van der Waals surface area contributed by atoms with Crippen LogP contribution in [-0.2, 0) is 10.1 Å². The fourth-order valence-corrected chi connectivity index (χ4v) is 0.966. The minimum absolute atomic E-state index is 0. The molecular weight excluding hydrogens is 153 g/mol. The molecule has 2 N–H and O–H groups in total. The van der Waals surface area contributed by atoms with Crippen LogP contribution in [0.3, 0.4) is 0 Å².